The minimum Gasteiger partial charge on any atom is -0.480 e. The Morgan fingerprint density at radius 3 is 2.74 bits per heavy atom. The smallest absolute Gasteiger partial charge is 0.323 e. The summed E-state index contributed by atoms with van der Waals surface area (Å²) in [4.78, 5) is 20.9. The zero-order chi connectivity index (χ0) is 19.6. The van der Waals surface area contributed by atoms with E-state index in [1.54, 1.807) is 30.1 Å². The second kappa shape index (κ2) is 7.77. The van der Waals surface area contributed by atoms with Crippen molar-refractivity contribution < 1.29 is 14.3 Å². The summed E-state index contributed by atoms with van der Waals surface area (Å²) in [6.45, 7) is 3.74. The molecule has 2 N–H and O–H groups in total. The van der Waals surface area contributed by atoms with E-state index in [0.29, 0.717) is 22.0 Å². The molecule has 9 nitrogen and oxygen atoms in total. The van der Waals surface area contributed by atoms with Crippen LogP contribution in [0.3, 0.4) is 0 Å². The van der Waals surface area contributed by atoms with E-state index in [1.165, 1.54) is 13.3 Å². The number of nitrogens with one attached hydrogen (secondary N) is 2. The summed E-state index contributed by atoms with van der Waals surface area (Å²) in [6, 6.07) is 1.07. The van der Waals surface area contributed by atoms with Crippen LogP contribution in [0.25, 0.3) is 5.65 Å². The number of carbonyl (C=O) groups excluding carboxylic acids is 1. The van der Waals surface area contributed by atoms with E-state index in [4.69, 9.17) is 21.1 Å². The molecule has 0 aromatic carbocycles. The van der Waals surface area contributed by atoms with Crippen molar-refractivity contribution in [3.8, 4) is 5.88 Å². The van der Waals surface area contributed by atoms with Crippen molar-refractivity contribution in [2.24, 2.45) is 0 Å². The van der Waals surface area contributed by atoms with Gasteiger partial charge in [-0.1, -0.05) is 11.6 Å². The number of imidazole rings is 1. The first-order chi connectivity index (χ1) is 12.9. The predicted molar refractivity (Wildman–Crippen MR) is 102 cm³/mol. The number of nitrogens with zero attached hydrogens (tertiary/aromatic N) is 4. The Kier molecular flexibility index (Phi) is 5.43. The Labute approximate surface area is 160 Å². The lowest BCUT2D eigenvalue weighted by Gasteiger charge is -2.16. The summed E-state index contributed by atoms with van der Waals surface area (Å²) in [6.07, 6.45) is 4.50. The number of halogens is 1. The van der Waals surface area contributed by atoms with E-state index < -0.39 is 6.03 Å². The molecular weight excluding hydrogens is 372 g/mol. The Hall–Kier alpha value is -2.91. The van der Waals surface area contributed by atoms with Crippen LogP contribution in [0.15, 0.2) is 24.7 Å². The number of urea groups is 1. The number of carbonyl (C=O) groups is 1. The number of anilines is 2. The fraction of sp³-hybridized carbons (Fsp3) is 0.294. The number of ether oxygens (including phenoxy) is 2. The predicted octanol–water partition coefficient (Wildman–Crippen LogP) is 3.45. The maximum atomic E-state index is 12.4. The third-order valence-electron chi connectivity index (χ3n) is 3.92. The van der Waals surface area contributed by atoms with Crippen LogP contribution in [0, 0.1) is 6.92 Å². The normalized spacial score (nSPS) is 12.0. The van der Waals surface area contributed by atoms with Gasteiger partial charge < -0.3 is 20.1 Å². The van der Waals surface area contributed by atoms with Crippen LogP contribution in [0.4, 0.5) is 16.2 Å². The van der Waals surface area contributed by atoms with Gasteiger partial charge in [0.1, 0.15) is 5.02 Å². The molecule has 3 heterocycles. The van der Waals surface area contributed by atoms with Gasteiger partial charge in [0.15, 0.2) is 5.65 Å². The molecule has 0 saturated heterocycles. The molecule has 27 heavy (non-hydrogen) atoms. The molecule has 0 saturated carbocycles. The largest absolute Gasteiger partial charge is 0.480 e. The Bertz CT molecular complexity index is 990. The first-order valence-corrected chi connectivity index (χ1v) is 8.46. The zero-order valence-electron chi connectivity index (χ0n) is 15.3. The first-order valence-electron chi connectivity index (χ1n) is 8.08. The standard InChI is InChI=1S/C17H19ClN6O3/c1-9-8-24-15(21-9)14(10(2)26-3)13(7-20-24)23-17(25)22-11-5-12(18)16(27-4)19-6-11/h5-8,10H,1-4H3,(H2,22,23,25)/t10-/m0/s1. The van der Waals surface area contributed by atoms with Crippen molar-refractivity contribution in [3.63, 3.8) is 0 Å². The van der Waals surface area contributed by atoms with E-state index >= 15 is 0 Å². The third kappa shape index (κ3) is 3.93. The van der Waals surface area contributed by atoms with Crippen LogP contribution in [0.1, 0.15) is 24.3 Å². The maximum Gasteiger partial charge on any atom is 0.323 e. The number of aromatic nitrogens is 4. The highest BCUT2D eigenvalue weighted by atomic mass is 35.5. The van der Waals surface area contributed by atoms with Gasteiger partial charge in [-0.3, -0.25) is 0 Å². The summed E-state index contributed by atoms with van der Waals surface area (Å²) >= 11 is 6.03. The van der Waals surface area contributed by atoms with Crippen molar-refractivity contribution in [1.29, 1.82) is 0 Å². The van der Waals surface area contributed by atoms with Gasteiger partial charge in [0.25, 0.3) is 0 Å². The van der Waals surface area contributed by atoms with Gasteiger partial charge >= 0.3 is 6.03 Å². The van der Waals surface area contributed by atoms with Crippen LogP contribution >= 0.6 is 11.6 Å². The summed E-state index contributed by atoms with van der Waals surface area (Å²) in [7, 11) is 3.05. The summed E-state index contributed by atoms with van der Waals surface area (Å²) < 4.78 is 12.1. The quantitative estimate of drug-likeness (QED) is 0.691. The Balaban J connectivity index is 1.87. The van der Waals surface area contributed by atoms with Gasteiger partial charge in [-0.2, -0.15) is 5.10 Å². The number of fused-ring (bicyclic) bond motifs is 1. The molecule has 3 aromatic rings. The molecule has 142 valence electrons. The molecule has 0 aliphatic rings. The van der Waals surface area contributed by atoms with Gasteiger partial charge in [0.2, 0.25) is 5.88 Å². The number of rotatable bonds is 5. The average Bonchev–Trinajstić information content (AvgIpc) is 3.01. The van der Waals surface area contributed by atoms with Crippen LogP contribution in [-0.2, 0) is 4.74 Å². The van der Waals surface area contributed by atoms with E-state index in [-0.39, 0.29) is 12.0 Å². The molecule has 3 aromatic heterocycles. The fourth-order valence-corrected chi connectivity index (χ4v) is 2.86. The van der Waals surface area contributed by atoms with Crippen molar-refractivity contribution in [1.82, 2.24) is 19.6 Å². The molecule has 1 atom stereocenters. The van der Waals surface area contributed by atoms with Crippen molar-refractivity contribution in [3.05, 3.63) is 40.9 Å². The molecule has 0 fully saturated rings. The van der Waals surface area contributed by atoms with Crippen LogP contribution in [0.5, 0.6) is 5.88 Å². The molecule has 10 heteroatoms. The molecule has 0 bridgehead atoms. The van der Waals surface area contributed by atoms with Crippen LogP contribution < -0.4 is 15.4 Å². The first kappa shape index (κ1) is 18.9. The minimum absolute atomic E-state index is 0.281. The summed E-state index contributed by atoms with van der Waals surface area (Å²) in [5.74, 6) is 0.281. The van der Waals surface area contributed by atoms with Crippen molar-refractivity contribution >= 4 is 34.7 Å². The van der Waals surface area contributed by atoms with Gasteiger partial charge in [0, 0.05) is 7.11 Å². The molecule has 0 radical (unpaired) electrons. The zero-order valence-corrected chi connectivity index (χ0v) is 16.0. The lowest BCUT2D eigenvalue weighted by molar-refractivity contribution is 0.120. The fourth-order valence-electron chi connectivity index (χ4n) is 2.61. The third-order valence-corrected chi connectivity index (χ3v) is 4.19. The Morgan fingerprint density at radius 1 is 1.30 bits per heavy atom. The number of pyridine rings is 1. The average molecular weight is 391 g/mol. The number of hydrogen-bond acceptors (Lipinski definition) is 6. The van der Waals surface area contributed by atoms with E-state index in [9.17, 15) is 4.79 Å². The number of hydrogen-bond donors (Lipinski definition) is 2. The lowest BCUT2D eigenvalue weighted by Crippen LogP contribution is -2.21. The highest BCUT2D eigenvalue weighted by Crippen LogP contribution is 2.29. The van der Waals surface area contributed by atoms with Crippen molar-refractivity contribution in [2.45, 2.75) is 20.0 Å². The van der Waals surface area contributed by atoms with Gasteiger partial charge in [-0.15, -0.1) is 0 Å². The monoisotopic (exact) mass is 390 g/mol. The van der Waals surface area contributed by atoms with Gasteiger partial charge in [-0.25, -0.2) is 19.3 Å². The maximum absolute atomic E-state index is 12.4. The number of aryl methyl sites for hydroxylation is 1. The van der Waals surface area contributed by atoms with E-state index in [1.807, 2.05) is 13.8 Å². The molecule has 0 spiro atoms. The SMILES string of the molecule is COc1ncc(NC(=O)Nc2cnn3cc(C)nc3c2[C@H](C)OC)cc1Cl. The second-order valence-electron chi connectivity index (χ2n) is 5.79. The number of methoxy groups -OCH3 is 2. The van der Waals surface area contributed by atoms with Crippen molar-refractivity contribution in [2.75, 3.05) is 24.9 Å². The van der Waals surface area contributed by atoms with Crippen LogP contribution in [0.2, 0.25) is 5.02 Å². The van der Waals surface area contributed by atoms with E-state index in [0.717, 1.165) is 11.3 Å². The van der Waals surface area contributed by atoms with Crippen LogP contribution in [-0.4, -0.2) is 39.8 Å². The summed E-state index contributed by atoms with van der Waals surface area (Å²) in [5.41, 5.74) is 3.07. The van der Waals surface area contributed by atoms with Gasteiger partial charge in [0.05, 0.1) is 54.4 Å². The number of amides is 2. The lowest BCUT2D eigenvalue weighted by atomic mass is 10.1. The molecule has 3 rings (SSSR count). The molecule has 2 amide bonds. The molecule has 0 unspecified atom stereocenters. The molecule has 0 aliphatic heterocycles. The molecule has 0 aliphatic carbocycles. The highest BCUT2D eigenvalue weighted by molar-refractivity contribution is 6.32. The minimum atomic E-state index is -0.475. The second-order valence-corrected chi connectivity index (χ2v) is 6.20. The molecular formula is C17H19ClN6O3. The van der Waals surface area contributed by atoms with Gasteiger partial charge in [-0.05, 0) is 19.9 Å². The highest BCUT2D eigenvalue weighted by Gasteiger charge is 2.19. The Morgan fingerprint density at radius 2 is 2.07 bits per heavy atom. The summed E-state index contributed by atoms with van der Waals surface area (Å²) in [5, 5.41) is 10.0. The topological polar surface area (TPSA) is 103 Å². The van der Waals surface area contributed by atoms with E-state index in [2.05, 4.69) is 25.7 Å².